The summed E-state index contributed by atoms with van der Waals surface area (Å²) in [5.41, 5.74) is 3.58. The van der Waals surface area contributed by atoms with Gasteiger partial charge in [-0.2, -0.15) is 0 Å². The van der Waals surface area contributed by atoms with E-state index in [9.17, 15) is 19.2 Å². The zero-order valence-corrected chi connectivity index (χ0v) is 22.9. The average Bonchev–Trinajstić information content (AvgIpc) is 3.25. The molecule has 3 aliphatic rings. The summed E-state index contributed by atoms with van der Waals surface area (Å²) < 4.78 is 4.92. The molecule has 2 aromatic rings. The summed E-state index contributed by atoms with van der Waals surface area (Å²) in [7, 11) is 0. The molecule has 3 aliphatic heterocycles. The van der Waals surface area contributed by atoms with Crippen molar-refractivity contribution in [1.82, 2.24) is 4.90 Å². The Labute approximate surface area is 224 Å². The highest BCUT2D eigenvalue weighted by Crippen LogP contribution is 2.57. The number of thioether (sulfide) groups is 1. The Kier molecular flexibility index (Phi) is 6.03. The van der Waals surface area contributed by atoms with Crippen LogP contribution in [-0.2, 0) is 24.5 Å². The maximum Gasteiger partial charge on any atom is 0.326 e. The van der Waals surface area contributed by atoms with E-state index < -0.39 is 34.6 Å². The van der Waals surface area contributed by atoms with Gasteiger partial charge in [-0.05, 0) is 75.2 Å². The first kappa shape index (κ1) is 25.5. The fourth-order valence-electron chi connectivity index (χ4n) is 5.89. The molecule has 0 N–H and O–H groups in total. The van der Waals surface area contributed by atoms with Crippen LogP contribution in [0.1, 0.15) is 56.4 Å². The summed E-state index contributed by atoms with van der Waals surface area (Å²) in [6, 6.07) is 11.8. The van der Waals surface area contributed by atoms with Crippen molar-refractivity contribution in [3.63, 3.8) is 0 Å². The second-order valence-electron chi connectivity index (χ2n) is 10.4. The van der Waals surface area contributed by atoms with Crippen LogP contribution in [0, 0.1) is 6.92 Å². The topological polar surface area (TPSA) is 84.0 Å². The lowest BCUT2D eigenvalue weighted by Crippen LogP contribution is -2.54. The Hall–Kier alpha value is -3.10. The van der Waals surface area contributed by atoms with Gasteiger partial charge in [0.25, 0.3) is 17.1 Å². The third kappa shape index (κ3) is 3.89. The molecule has 3 amide bonds. The number of ether oxygens (including phenoxy) is 1. The molecule has 0 bridgehead atoms. The number of amides is 3. The summed E-state index contributed by atoms with van der Waals surface area (Å²) in [6.45, 7) is 9.45. The molecule has 5 rings (SSSR count). The van der Waals surface area contributed by atoms with Gasteiger partial charge in [0, 0.05) is 21.5 Å². The van der Waals surface area contributed by atoms with Gasteiger partial charge in [-0.1, -0.05) is 42.3 Å². The number of carbonyl (C=O) groups excluding carboxylic acids is 4. The van der Waals surface area contributed by atoms with Gasteiger partial charge in [0.2, 0.25) is 0 Å². The van der Waals surface area contributed by atoms with Gasteiger partial charge < -0.3 is 9.64 Å². The fourth-order valence-corrected chi connectivity index (χ4v) is 6.95. The highest BCUT2D eigenvalue weighted by Gasteiger charge is 2.54. The van der Waals surface area contributed by atoms with Crippen LogP contribution in [0.5, 0.6) is 0 Å². The molecular weight excluding hydrogens is 512 g/mol. The van der Waals surface area contributed by atoms with Crippen molar-refractivity contribution in [1.29, 1.82) is 0 Å². The van der Waals surface area contributed by atoms with Gasteiger partial charge in [0.05, 0.1) is 22.8 Å². The Morgan fingerprint density at radius 2 is 1.76 bits per heavy atom. The molecule has 2 aromatic carbocycles. The van der Waals surface area contributed by atoms with Crippen molar-refractivity contribution >= 4 is 57.6 Å². The van der Waals surface area contributed by atoms with Crippen molar-refractivity contribution in [2.75, 3.05) is 18.1 Å². The van der Waals surface area contributed by atoms with Crippen molar-refractivity contribution in [3.05, 3.63) is 68.6 Å². The van der Waals surface area contributed by atoms with Crippen LogP contribution in [0.15, 0.2) is 41.3 Å². The van der Waals surface area contributed by atoms with E-state index in [0.717, 1.165) is 27.3 Å². The minimum Gasteiger partial charge on any atom is -0.465 e. The second-order valence-corrected chi connectivity index (χ2v) is 11.8. The molecule has 0 aliphatic carbocycles. The van der Waals surface area contributed by atoms with Crippen LogP contribution < -0.4 is 4.90 Å². The molecule has 1 fully saturated rings. The van der Waals surface area contributed by atoms with Crippen molar-refractivity contribution in [2.24, 2.45) is 0 Å². The number of anilines is 1. The van der Waals surface area contributed by atoms with E-state index in [4.69, 9.17) is 16.3 Å². The highest BCUT2D eigenvalue weighted by atomic mass is 35.5. The fraction of sp³-hybridized carbons (Fsp3) is 0.357. The lowest BCUT2D eigenvalue weighted by atomic mass is 9.65. The van der Waals surface area contributed by atoms with Crippen LogP contribution >= 0.6 is 23.4 Å². The van der Waals surface area contributed by atoms with Gasteiger partial charge in [-0.3, -0.25) is 24.1 Å². The lowest BCUT2D eigenvalue weighted by molar-refractivity contribution is -0.145. The summed E-state index contributed by atoms with van der Waals surface area (Å²) in [4.78, 5) is 54.8. The third-order valence-corrected chi connectivity index (χ3v) is 8.53. The van der Waals surface area contributed by atoms with E-state index in [1.54, 1.807) is 11.8 Å². The molecular formula is C28H27ClN2O5S. The van der Waals surface area contributed by atoms with Crippen LogP contribution in [-0.4, -0.2) is 46.6 Å². The molecule has 0 radical (unpaired) electrons. The Morgan fingerprint density at radius 3 is 2.41 bits per heavy atom. The molecule has 0 saturated carbocycles. The zero-order valence-electron chi connectivity index (χ0n) is 21.3. The standard InChI is InChI=1S/C28H27ClN2O5S/c1-6-36-20(32)13-30-25(34)23(37-26(30)35)21-18-11-15(2)12-19-22(18)31(24(21)33)27(3,4)14-28(19,5)16-7-9-17(29)10-8-16/h7-12H,6,13-14H2,1-5H3. The summed E-state index contributed by atoms with van der Waals surface area (Å²) in [5, 5.41) is 0.0517. The van der Waals surface area contributed by atoms with Gasteiger partial charge >= 0.3 is 5.97 Å². The molecule has 7 nitrogen and oxygen atoms in total. The first-order valence-corrected chi connectivity index (χ1v) is 13.3. The van der Waals surface area contributed by atoms with Crippen LogP contribution in [0.25, 0.3) is 5.57 Å². The Bertz CT molecular complexity index is 1410. The molecule has 0 spiro atoms. The zero-order chi connectivity index (χ0) is 26.9. The maximum atomic E-state index is 14.0. The third-order valence-electron chi connectivity index (χ3n) is 7.30. The molecule has 3 heterocycles. The molecule has 0 aromatic heterocycles. The number of esters is 1. The van der Waals surface area contributed by atoms with E-state index in [-0.39, 0.29) is 23.0 Å². The number of aryl methyl sites for hydroxylation is 1. The molecule has 37 heavy (non-hydrogen) atoms. The van der Waals surface area contributed by atoms with Crippen molar-refractivity contribution < 1.29 is 23.9 Å². The highest BCUT2D eigenvalue weighted by molar-refractivity contribution is 8.18. The van der Waals surface area contributed by atoms with Crippen molar-refractivity contribution in [3.8, 4) is 0 Å². The first-order valence-electron chi connectivity index (χ1n) is 12.1. The molecule has 1 saturated heterocycles. The number of hydrogen-bond donors (Lipinski definition) is 0. The first-order chi connectivity index (χ1) is 17.4. The van der Waals surface area contributed by atoms with E-state index in [1.807, 2.05) is 51.1 Å². The molecule has 1 unspecified atom stereocenters. The minimum atomic E-state index is -0.674. The number of rotatable bonds is 4. The lowest BCUT2D eigenvalue weighted by Gasteiger charge is -2.50. The average molecular weight is 539 g/mol. The number of benzene rings is 2. The van der Waals surface area contributed by atoms with E-state index in [2.05, 4.69) is 13.0 Å². The summed E-state index contributed by atoms with van der Waals surface area (Å²) >= 11 is 6.88. The number of imide groups is 1. The van der Waals surface area contributed by atoms with Crippen molar-refractivity contribution in [2.45, 2.75) is 52.0 Å². The monoisotopic (exact) mass is 538 g/mol. The predicted molar refractivity (Wildman–Crippen MR) is 144 cm³/mol. The van der Waals surface area contributed by atoms with Crippen LogP contribution in [0.3, 0.4) is 0 Å². The largest absolute Gasteiger partial charge is 0.465 e. The predicted octanol–water partition coefficient (Wildman–Crippen LogP) is 5.45. The Balaban J connectivity index is 1.70. The van der Waals surface area contributed by atoms with Gasteiger partial charge in [0.15, 0.2) is 0 Å². The normalized spacial score (nSPS) is 24.1. The molecule has 1 atom stereocenters. The number of nitrogens with zero attached hydrogens (tertiary/aromatic N) is 2. The van der Waals surface area contributed by atoms with Crippen LogP contribution in [0.4, 0.5) is 10.5 Å². The number of halogens is 1. The van der Waals surface area contributed by atoms with E-state index in [0.29, 0.717) is 28.8 Å². The summed E-state index contributed by atoms with van der Waals surface area (Å²) in [5.74, 6) is -1.64. The van der Waals surface area contributed by atoms with Crippen LogP contribution in [0.2, 0.25) is 5.02 Å². The smallest absolute Gasteiger partial charge is 0.326 e. The van der Waals surface area contributed by atoms with Gasteiger partial charge in [-0.25, -0.2) is 0 Å². The van der Waals surface area contributed by atoms with E-state index >= 15 is 0 Å². The number of carbonyl (C=O) groups is 4. The molecule has 9 heteroatoms. The Morgan fingerprint density at radius 1 is 1.08 bits per heavy atom. The molecule has 192 valence electrons. The summed E-state index contributed by atoms with van der Waals surface area (Å²) in [6.07, 6.45) is 0.640. The minimum absolute atomic E-state index is 0.0468. The van der Waals surface area contributed by atoms with E-state index in [1.165, 1.54) is 0 Å². The van der Waals surface area contributed by atoms with Gasteiger partial charge in [0.1, 0.15) is 6.54 Å². The quantitative estimate of drug-likeness (QED) is 0.380. The van der Waals surface area contributed by atoms with Gasteiger partial charge in [-0.15, -0.1) is 0 Å². The maximum absolute atomic E-state index is 14.0. The second kappa shape index (κ2) is 8.74. The number of hydrogen-bond acceptors (Lipinski definition) is 6. The SMILES string of the molecule is CCOC(=O)CN1C(=O)SC(=C2C(=O)N3c4c2cc(C)cc4C(C)(c2ccc(Cl)cc2)CC3(C)C)C1=O.